The van der Waals surface area contributed by atoms with E-state index in [1.54, 1.807) is 4.57 Å². The fraction of sp³-hybridized carbons (Fsp3) is 0.0526. The zero-order valence-electron chi connectivity index (χ0n) is 15.0. The smallest absolute Gasteiger partial charge is 0.320 e. The van der Waals surface area contributed by atoms with Crippen LogP contribution in [0.3, 0.4) is 0 Å². The summed E-state index contributed by atoms with van der Waals surface area (Å²) in [5, 5.41) is 14.2. The molecule has 3 N–H and O–H groups in total. The van der Waals surface area contributed by atoms with Crippen LogP contribution in [-0.4, -0.2) is 40.1 Å². The SMILES string of the molecule is O=c1[nH]c(=O)c2c(ncn2Cc2ccc(-c3ccccc3-c3nn[nH]n3)cc2)[nH]1. The lowest BCUT2D eigenvalue weighted by Crippen LogP contribution is -2.23. The number of hydrogen-bond donors (Lipinski definition) is 3. The van der Waals surface area contributed by atoms with Gasteiger partial charge in [-0.25, -0.2) is 9.78 Å². The summed E-state index contributed by atoms with van der Waals surface area (Å²) in [6, 6.07) is 15.8. The van der Waals surface area contributed by atoms with Gasteiger partial charge in [-0.15, -0.1) is 10.2 Å². The first-order valence-corrected chi connectivity index (χ1v) is 8.78. The van der Waals surface area contributed by atoms with Gasteiger partial charge < -0.3 is 4.57 Å². The molecule has 0 amide bonds. The number of hydrogen-bond acceptors (Lipinski definition) is 6. The van der Waals surface area contributed by atoms with Crippen LogP contribution >= 0.6 is 0 Å². The van der Waals surface area contributed by atoms with Crippen LogP contribution in [-0.2, 0) is 6.54 Å². The van der Waals surface area contributed by atoms with Gasteiger partial charge in [0.2, 0.25) is 5.82 Å². The molecule has 10 nitrogen and oxygen atoms in total. The number of tetrazole rings is 1. The molecule has 0 saturated carbocycles. The van der Waals surface area contributed by atoms with Crippen molar-refractivity contribution in [3.63, 3.8) is 0 Å². The fourth-order valence-corrected chi connectivity index (χ4v) is 3.32. The third-order valence-electron chi connectivity index (χ3n) is 4.64. The quantitative estimate of drug-likeness (QED) is 0.426. The molecule has 0 saturated heterocycles. The second-order valence-corrected chi connectivity index (χ2v) is 6.46. The summed E-state index contributed by atoms with van der Waals surface area (Å²) < 4.78 is 1.70. The van der Waals surface area contributed by atoms with E-state index in [2.05, 4.69) is 35.6 Å². The Morgan fingerprint density at radius 3 is 2.48 bits per heavy atom. The van der Waals surface area contributed by atoms with Crippen LogP contribution in [0.15, 0.2) is 64.4 Å². The molecule has 3 aromatic heterocycles. The number of aromatic nitrogens is 8. The maximum atomic E-state index is 12.1. The third kappa shape index (κ3) is 3.02. The van der Waals surface area contributed by atoms with Crippen LogP contribution in [0.1, 0.15) is 5.56 Å². The molecule has 29 heavy (non-hydrogen) atoms. The number of nitrogens with zero attached hydrogens (tertiary/aromatic N) is 5. The highest BCUT2D eigenvalue weighted by atomic mass is 16.2. The Hall–Kier alpha value is -4.34. The van der Waals surface area contributed by atoms with Crippen molar-refractivity contribution in [2.75, 3.05) is 0 Å². The molecule has 3 heterocycles. The molecule has 0 bridgehead atoms. The molecule has 0 unspecified atom stereocenters. The van der Waals surface area contributed by atoms with E-state index in [4.69, 9.17) is 0 Å². The van der Waals surface area contributed by atoms with Crippen LogP contribution in [0.2, 0.25) is 0 Å². The molecule has 0 radical (unpaired) electrons. The zero-order valence-corrected chi connectivity index (χ0v) is 15.0. The monoisotopic (exact) mass is 386 g/mol. The second-order valence-electron chi connectivity index (χ2n) is 6.46. The molecule has 142 valence electrons. The number of nitrogens with one attached hydrogen (secondary N) is 3. The van der Waals surface area contributed by atoms with E-state index in [1.807, 2.05) is 48.5 Å². The molecule has 10 heteroatoms. The summed E-state index contributed by atoms with van der Waals surface area (Å²) in [5.74, 6) is 0.530. The van der Waals surface area contributed by atoms with E-state index in [0.717, 1.165) is 22.3 Å². The minimum Gasteiger partial charge on any atom is -0.320 e. The summed E-state index contributed by atoms with van der Waals surface area (Å²) in [6.07, 6.45) is 1.54. The Balaban J connectivity index is 1.48. The molecule has 0 atom stereocenters. The lowest BCUT2D eigenvalue weighted by atomic mass is 9.98. The topological polar surface area (TPSA) is 138 Å². The first-order chi connectivity index (χ1) is 14.2. The van der Waals surface area contributed by atoms with Gasteiger partial charge in [-0.3, -0.25) is 14.8 Å². The molecule has 5 rings (SSSR count). The van der Waals surface area contributed by atoms with E-state index in [1.165, 1.54) is 6.33 Å². The fourth-order valence-electron chi connectivity index (χ4n) is 3.32. The average Bonchev–Trinajstić information content (AvgIpc) is 3.39. The lowest BCUT2D eigenvalue weighted by molar-refractivity contribution is 0.819. The number of imidazole rings is 1. The number of fused-ring (bicyclic) bond motifs is 1. The van der Waals surface area contributed by atoms with Crippen molar-refractivity contribution in [2.24, 2.45) is 0 Å². The molecule has 0 spiro atoms. The van der Waals surface area contributed by atoms with E-state index < -0.39 is 11.2 Å². The zero-order chi connectivity index (χ0) is 19.8. The van der Waals surface area contributed by atoms with Gasteiger partial charge in [0.25, 0.3) is 5.56 Å². The van der Waals surface area contributed by atoms with Crippen molar-refractivity contribution < 1.29 is 0 Å². The Bertz CT molecular complexity index is 1410. The summed E-state index contributed by atoms with van der Waals surface area (Å²) in [5.41, 5.74) is 3.42. The van der Waals surface area contributed by atoms with Crippen LogP contribution in [0, 0.1) is 0 Å². The van der Waals surface area contributed by atoms with Gasteiger partial charge in [-0.05, 0) is 21.9 Å². The highest BCUT2D eigenvalue weighted by molar-refractivity contribution is 5.80. The highest BCUT2D eigenvalue weighted by Gasteiger charge is 2.12. The Kier molecular flexibility index (Phi) is 3.87. The van der Waals surface area contributed by atoms with Crippen molar-refractivity contribution in [1.29, 1.82) is 0 Å². The maximum Gasteiger partial charge on any atom is 0.327 e. The van der Waals surface area contributed by atoms with Gasteiger partial charge in [0, 0.05) is 12.1 Å². The van der Waals surface area contributed by atoms with E-state index in [-0.39, 0.29) is 5.65 Å². The van der Waals surface area contributed by atoms with Gasteiger partial charge >= 0.3 is 5.69 Å². The molecular formula is C19H14N8O2. The minimum atomic E-state index is -0.572. The lowest BCUT2D eigenvalue weighted by Gasteiger charge is -2.09. The Morgan fingerprint density at radius 1 is 0.931 bits per heavy atom. The Morgan fingerprint density at radius 2 is 1.72 bits per heavy atom. The number of aromatic amines is 3. The standard InChI is InChI=1S/C19H14N8O2/c28-18-15-17(21-19(29)22-18)20-10-27(15)9-11-5-7-12(8-6-11)13-3-1-2-4-14(13)16-23-25-26-24-16/h1-8,10H,9H2,(H2,21,22,28,29)(H,23,24,25,26). The van der Waals surface area contributed by atoms with E-state index in [0.29, 0.717) is 17.9 Å². The van der Waals surface area contributed by atoms with Crippen molar-refractivity contribution in [3.05, 3.63) is 81.3 Å². The van der Waals surface area contributed by atoms with Gasteiger partial charge in [0.15, 0.2) is 11.2 Å². The molecule has 0 aliphatic carbocycles. The van der Waals surface area contributed by atoms with Crippen molar-refractivity contribution >= 4 is 11.2 Å². The van der Waals surface area contributed by atoms with Gasteiger partial charge in [0.05, 0.1) is 6.33 Å². The third-order valence-corrected chi connectivity index (χ3v) is 4.64. The predicted molar refractivity (Wildman–Crippen MR) is 105 cm³/mol. The summed E-state index contributed by atoms with van der Waals surface area (Å²) >= 11 is 0. The van der Waals surface area contributed by atoms with Gasteiger partial charge in [-0.1, -0.05) is 48.5 Å². The molecule has 0 aliphatic rings. The molecule has 2 aromatic carbocycles. The van der Waals surface area contributed by atoms with Crippen LogP contribution in [0.5, 0.6) is 0 Å². The first-order valence-electron chi connectivity index (χ1n) is 8.78. The first kappa shape index (κ1) is 16.8. The van der Waals surface area contributed by atoms with Gasteiger partial charge in [0.1, 0.15) is 0 Å². The minimum absolute atomic E-state index is 0.268. The van der Waals surface area contributed by atoms with Crippen molar-refractivity contribution in [1.82, 2.24) is 40.1 Å². The Labute approximate surface area is 162 Å². The van der Waals surface area contributed by atoms with Gasteiger partial charge in [-0.2, -0.15) is 5.21 Å². The summed E-state index contributed by atoms with van der Waals surface area (Å²) in [6.45, 7) is 0.443. The number of benzene rings is 2. The number of H-pyrrole nitrogens is 3. The van der Waals surface area contributed by atoms with Crippen LogP contribution in [0.25, 0.3) is 33.7 Å². The van der Waals surface area contributed by atoms with Crippen molar-refractivity contribution in [3.8, 4) is 22.5 Å². The number of rotatable bonds is 4. The molecule has 5 aromatic rings. The maximum absolute atomic E-state index is 12.1. The van der Waals surface area contributed by atoms with Crippen LogP contribution in [0.4, 0.5) is 0 Å². The summed E-state index contributed by atoms with van der Waals surface area (Å²) in [4.78, 5) is 32.3. The van der Waals surface area contributed by atoms with E-state index >= 15 is 0 Å². The second kappa shape index (κ2) is 6.68. The normalized spacial score (nSPS) is 11.2. The van der Waals surface area contributed by atoms with Crippen molar-refractivity contribution in [2.45, 2.75) is 6.54 Å². The molecule has 0 fully saturated rings. The summed E-state index contributed by atoms with van der Waals surface area (Å²) in [7, 11) is 0. The van der Waals surface area contributed by atoms with Crippen LogP contribution < -0.4 is 11.2 Å². The molecule has 0 aliphatic heterocycles. The average molecular weight is 386 g/mol. The molecular weight excluding hydrogens is 372 g/mol. The largest absolute Gasteiger partial charge is 0.327 e. The van der Waals surface area contributed by atoms with E-state index in [9.17, 15) is 9.59 Å². The highest BCUT2D eigenvalue weighted by Crippen LogP contribution is 2.29. The predicted octanol–water partition coefficient (Wildman–Crippen LogP) is 1.31.